The fourth-order valence-corrected chi connectivity index (χ4v) is 9.14. The zero-order valence-electron chi connectivity index (χ0n) is 50.7. The Hall–Kier alpha value is -3.67. The Morgan fingerprint density at radius 3 is 0.805 bits per heavy atom. The monoisotopic (exact) mass is 1070 g/mol. The van der Waals surface area contributed by atoms with Gasteiger partial charge in [0, 0.05) is 19.3 Å². The van der Waals surface area contributed by atoms with E-state index in [-0.39, 0.29) is 31.1 Å². The Morgan fingerprint density at radius 2 is 0.506 bits per heavy atom. The number of carbonyl (C=O) groups is 3. The third kappa shape index (κ3) is 63.0. The molecule has 0 saturated carbocycles. The van der Waals surface area contributed by atoms with Crippen LogP contribution in [0, 0.1) is 0 Å². The zero-order valence-corrected chi connectivity index (χ0v) is 50.7. The average molecular weight is 1070 g/mol. The van der Waals surface area contributed by atoms with Crippen LogP contribution in [0.2, 0.25) is 0 Å². The minimum atomic E-state index is -0.799. The van der Waals surface area contributed by atoms with Crippen LogP contribution in [-0.2, 0) is 28.6 Å². The van der Waals surface area contributed by atoms with Crippen LogP contribution in [0.15, 0.2) is 97.2 Å². The summed E-state index contributed by atoms with van der Waals surface area (Å²) in [5.41, 5.74) is 0. The summed E-state index contributed by atoms with van der Waals surface area (Å²) in [4.78, 5) is 38.3. The number of esters is 3. The minimum Gasteiger partial charge on any atom is -0.462 e. The molecule has 1 atom stereocenters. The van der Waals surface area contributed by atoms with E-state index in [1.165, 1.54) is 161 Å². The van der Waals surface area contributed by atoms with E-state index in [1.807, 2.05) is 0 Å². The highest BCUT2D eigenvalue weighted by molar-refractivity contribution is 5.71. The molecule has 0 aliphatic carbocycles. The van der Waals surface area contributed by atoms with Crippen LogP contribution >= 0.6 is 0 Å². The average Bonchev–Trinajstić information content (AvgIpc) is 3.43. The van der Waals surface area contributed by atoms with Gasteiger partial charge in [-0.25, -0.2) is 0 Å². The summed E-state index contributed by atoms with van der Waals surface area (Å²) in [6, 6.07) is 0. The van der Waals surface area contributed by atoms with E-state index in [0.29, 0.717) is 19.3 Å². The van der Waals surface area contributed by atoms with E-state index in [0.717, 1.165) is 116 Å². The molecule has 0 spiro atoms. The largest absolute Gasteiger partial charge is 0.462 e. The number of carbonyl (C=O) groups excluding carboxylic acids is 3. The van der Waals surface area contributed by atoms with Crippen LogP contribution < -0.4 is 0 Å². The van der Waals surface area contributed by atoms with Crippen molar-refractivity contribution in [2.75, 3.05) is 13.2 Å². The highest BCUT2D eigenvalue weighted by Gasteiger charge is 2.19. The number of hydrogen-bond acceptors (Lipinski definition) is 6. The van der Waals surface area contributed by atoms with Crippen LogP contribution in [0.4, 0.5) is 0 Å². The second-order valence-corrected chi connectivity index (χ2v) is 21.6. The molecule has 6 heteroatoms. The van der Waals surface area contributed by atoms with Gasteiger partial charge in [0.2, 0.25) is 0 Å². The summed E-state index contributed by atoms with van der Waals surface area (Å²) < 4.78 is 16.9. The van der Waals surface area contributed by atoms with Crippen LogP contribution in [0.25, 0.3) is 0 Å². The van der Waals surface area contributed by atoms with Crippen molar-refractivity contribution in [2.24, 2.45) is 0 Å². The molecule has 0 amide bonds. The molecule has 0 N–H and O–H groups in total. The highest BCUT2D eigenvalue weighted by Crippen LogP contribution is 2.16. The lowest BCUT2D eigenvalue weighted by Gasteiger charge is -2.18. The maximum atomic E-state index is 12.9. The van der Waals surface area contributed by atoms with E-state index < -0.39 is 6.10 Å². The first-order valence-corrected chi connectivity index (χ1v) is 32.7. The fourth-order valence-electron chi connectivity index (χ4n) is 9.14. The van der Waals surface area contributed by atoms with Crippen molar-refractivity contribution in [1.82, 2.24) is 0 Å². The van der Waals surface area contributed by atoms with Crippen LogP contribution in [0.1, 0.15) is 316 Å². The molecule has 0 rings (SSSR count). The van der Waals surface area contributed by atoms with Crippen molar-refractivity contribution in [2.45, 2.75) is 322 Å². The van der Waals surface area contributed by atoms with Gasteiger partial charge in [-0.05, 0) is 122 Å². The first-order valence-electron chi connectivity index (χ1n) is 32.7. The molecule has 0 aromatic rings. The first-order chi connectivity index (χ1) is 38.0. The van der Waals surface area contributed by atoms with Gasteiger partial charge < -0.3 is 14.2 Å². The Labute approximate surface area is 477 Å². The molecular formula is C71H122O6. The summed E-state index contributed by atoms with van der Waals surface area (Å²) in [6.07, 6.45) is 87.1. The Bertz CT molecular complexity index is 1510. The van der Waals surface area contributed by atoms with Crippen molar-refractivity contribution in [1.29, 1.82) is 0 Å². The van der Waals surface area contributed by atoms with Crippen LogP contribution in [0.3, 0.4) is 0 Å². The summed E-state index contributed by atoms with van der Waals surface area (Å²) >= 11 is 0. The second-order valence-electron chi connectivity index (χ2n) is 21.6. The summed E-state index contributed by atoms with van der Waals surface area (Å²) in [5.74, 6) is -0.927. The third-order valence-electron chi connectivity index (χ3n) is 14.0. The lowest BCUT2D eigenvalue weighted by Crippen LogP contribution is -2.30. The molecule has 0 fully saturated rings. The number of ether oxygens (including phenoxy) is 3. The molecule has 0 saturated heterocycles. The van der Waals surface area contributed by atoms with Gasteiger partial charge >= 0.3 is 17.9 Å². The maximum absolute atomic E-state index is 12.9. The predicted octanol–water partition coefficient (Wildman–Crippen LogP) is 22.4. The molecule has 0 aromatic carbocycles. The Kier molecular flexibility index (Phi) is 61.8. The molecule has 0 heterocycles. The number of hydrogen-bond donors (Lipinski definition) is 0. The second kappa shape index (κ2) is 64.9. The topological polar surface area (TPSA) is 78.9 Å². The Balaban J connectivity index is 4.34. The minimum absolute atomic E-state index is 0.0923. The molecule has 0 aliphatic heterocycles. The van der Waals surface area contributed by atoms with E-state index in [2.05, 4.69) is 118 Å². The van der Waals surface area contributed by atoms with Crippen molar-refractivity contribution < 1.29 is 28.6 Å². The number of allylic oxidation sites excluding steroid dienone is 16. The quantitative estimate of drug-likeness (QED) is 0.0261. The van der Waals surface area contributed by atoms with Crippen molar-refractivity contribution in [3.63, 3.8) is 0 Å². The Morgan fingerprint density at radius 1 is 0.273 bits per heavy atom. The highest BCUT2D eigenvalue weighted by atomic mass is 16.6. The number of rotatable bonds is 59. The molecule has 1 unspecified atom stereocenters. The van der Waals surface area contributed by atoms with Crippen molar-refractivity contribution >= 4 is 17.9 Å². The van der Waals surface area contributed by atoms with Gasteiger partial charge in [-0.1, -0.05) is 272 Å². The molecule has 0 aliphatic rings. The van der Waals surface area contributed by atoms with Gasteiger partial charge in [-0.15, -0.1) is 0 Å². The zero-order chi connectivity index (χ0) is 55.7. The van der Waals surface area contributed by atoms with Gasteiger partial charge in [-0.3, -0.25) is 14.4 Å². The van der Waals surface area contributed by atoms with E-state index in [4.69, 9.17) is 14.2 Å². The van der Waals surface area contributed by atoms with Gasteiger partial charge in [0.1, 0.15) is 13.2 Å². The molecule has 0 bridgehead atoms. The summed E-state index contributed by atoms with van der Waals surface area (Å²) in [5, 5.41) is 0. The third-order valence-corrected chi connectivity index (χ3v) is 14.0. The van der Waals surface area contributed by atoms with Gasteiger partial charge in [0.25, 0.3) is 0 Å². The van der Waals surface area contributed by atoms with Gasteiger partial charge in [0.05, 0.1) is 0 Å². The number of unbranched alkanes of at least 4 members (excludes halogenated alkanes) is 32. The van der Waals surface area contributed by atoms with Crippen molar-refractivity contribution in [3.05, 3.63) is 97.2 Å². The SMILES string of the molecule is CC/C=C\C/C=C\C/C=C\CCCCCC(=O)OCC(COC(=O)CCCCCCCCCCCCCCC/C=C\C/C=C\CCCCCCC)OC(=O)CCCCCCCC/C=C\C/C=C\C/C=C\CCCCCCC. The van der Waals surface area contributed by atoms with Gasteiger partial charge in [-0.2, -0.15) is 0 Å². The lowest BCUT2D eigenvalue weighted by molar-refractivity contribution is -0.167. The predicted molar refractivity (Wildman–Crippen MR) is 334 cm³/mol. The summed E-state index contributed by atoms with van der Waals surface area (Å²) in [6.45, 7) is 6.49. The van der Waals surface area contributed by atoms with Crippen LogP contribution in [-0.4, -0.2) is 37.2 Å². The molecule has 0 aromatic heterocycles. The maximum Gasteiger partial charge on any atom is 0.306 e. The van der Waals surface area contributed by atoms with E-state index >= 15 is 0 Å². The van der Waals surface area contributed by atoms with Crippen molar-refractivity contribution in [3.8, 4) is 0 Å². The van der Waals surface area contributed by atoms with Gasteiger partial charge in [0.15, 0.2) is 6.10 Å². The smallest absolute Gasteiger partial charge is 0.306 e. The molecule has 6 nitrogen and oxygen atoms in total. The molecule has 77 heavy (non-hydrogen) atoms. The van der Waals surface area contributed by atoms with E-state index in [1.54, 1.807) is 0 Å². The molecule has 0 radical (unpaired) electrons. The normalized spacial score (nSPS) is 12.7. The molecule has 442 valence electrons. The lowest BCUT2D eigenvalue weighted by atomic mass is 10.0. The fraction of sp³-hybridized carbons (Fsp3) is 0.732. The molecular weight excluding hydrogens is 949 g/mol. The van der Waals surface area contributed by atoms with E-state index in [9.17, 15) is 14.4 Å². The van der Waals surface area contributed by atoms with Crippen LogP contribution in [0.5, 0.6) is 0 Å². The summed E-state index contributed by atoms with van der Waals surface area (Å²) in [7, 11) is 0. The first kappa shape index (κ1) is 73.3. The standard InChI is InChI=1S/C71H122O6/c1-4-7-10-13-16-19-22-25-27-29-31-33-34-35-36-38-39-41-43-46-49-52-55-58-61-64-70(73)76-67-68(66-75-69(72)63-60-57-54-51-48-45-24-21-18-15-12-9-6-3)77-71(74)65-62-59-56-53-50-47-44-42-40-37-32-30-28-26-23-20-17-14-11-8-5-2/h9,12,18,21-23,25-26,29-32,40,42,45,48,68H,4-8,10-11,13-17,19-20,24,27-28,33-39,41,43-44,46-47,49-67H2,1-3H3/b12-9-,21-18-,25-22-,26-23-,31-29-,32-30-,42-40-,48-45-.